The minimum absolute atomic E-state index is 0.913. The van der Waals surface area contributed by atoms with Gasteiger partial charge >= 0.3 is 0 Å². The molecule has 0 saturated heterocycles. The van der Waals surface area contributed by atoms with Crippen LogP contribution in [0.15, 0.2) is 66.0 Å². The van der Waals surface area contributed by atoms with E-state index in [0.29, 0.717) is 0 Å². The smallest absolute Gasteiger partial charge is 0.119 e. The lowest BCUT2D eigenvalue weighted by Gasteiger charge is -2.07. The zero-order valence-electron chi connectivity index (χ0n) is 14.7. The van der Waals surface area contributed by atoms with Crippen molar-refractivity contribution in [2.75, 3.05) is 7.11 Å². The van der Waals surface area contributed by atoms with E-state index in [-0.39, 0.29) is 0 Å². The fraction of sp³-hybridized carbons (Fsp3) is 0.0400. The Morgan fingerprint density at radius 1 is 0.593 bits per heavy atom. The van der Waals surface area contributed by atoms with Crippen molar-refractivity contribution in [2.24, 2.45) is 0 Å². The number of thiophene rings is 1. The summed E-state index contributed by atoms with van der Waals surface area (Å²) in [7, 11) is 1.74. The Morgan fingerprint density at radius 3 is 2.00 bits per heavy atom. The molecule has 126 valence electrons. The molecule has 0 unspecified atom stereocenters. The molecular weight excluding hydrogens is 348 g/mol. The zero-order valence-corrected chi connectivity index (χ0v) is 15.5. The molecular formula is C25H14OS. The molecule has 1 nitrogen and oxygen atoms in total. The molecule has 0 amide bonds. The molecule has 7 aromatic rings. The highest BCUT2D eigenvalue weighted by Crippen LogP contribution is 2.51. The molecule has 7 rings (SSSR count). The first-order valence-electron chi connectivity index (χ1n) is 9.15. The summed E-state index contributed by atoms with van der Waals surface area (Å²) in [5.41, 5.74) is 0. The van der Waals surface area contributed by atoms with Crippen molar-refractivity contribution in [1.29, 1.82) is 0 Å². The number of rotatable bonds is 1. The second-order valence-electron chi connectivity index (χ2n) is 7.28. The Morgan fingerprint density at radius 2 is 1.22 bits per heavy atom. The fourth-order valence-electron chi connectivity index (χ4n) is 5.10. The molecule has 0 spiro atoms. The standard InChI is InChI=1S/C25H14OS/c1-26-13-8-9-16-20(12-13)15-5-3-7-19-21(15)22(16)18-6-2-4-14-17-10-11-27-25(17)24(19)23(14)18/h2-12H,1H3. The Bertz CT molecular complexity index is 1650. The van der Waals surface area contributed by atoms with Crippen LogP contribution >= 0.6 is 11.3 Å². The minimum Gasteiger partial charge on any atom is -0.497 e. The van der Waals surface area contributed by atoms with E-state index in [1.54, 1.807) is 7.11 Å². The molecule has 0 fully saturated rings. The second-order valence-corrected chi connectivity index (χ2v) is 8.20. The SMILES string of the molecule is COc1ccc2c(c1)c1cccc3c1c2c1cccc2c4ccsc4c3c21. The summed E-state index contributed by atoms with van der Waals surface area (Å²) in [6.45, 7) is 0. The average Bonchev–Trinajstić information content (AvgIpc) is 3.39. The van der Waals surface area contributed by atoms with Gasteiger partial charge in [0, 0.05) is 15.5 Å². The Hall–Kier alpha value is -3.10. The first-order valence-corrected chi connectivity index (χ1v) is 10.0. The maximum Gasteiger partial charge on any atom is 0.119 e. The number of methoxy groups -OCH3 is 1. The van der Waals surface area contributed by atoms with Crippen LogP contribution in [0, 0.1) is 0 Å². The van der Waals surface area contributed by atoms with Gasteiger partial charge < -0.3 is 4.74 Å². The van der Waals surface area contributed by atoms with E-state index in [0.717, 1.165) is 5.75 Å². The molecule has 0 N–H and O–H groups in total. The lowest BCUT2D eigenvalue weighted by molar-refractivity contribution is 0.415. The summed E-state index contributed by atoms with van der Waals surface area (Å²) in [6.07, 6.45) is 0. The molecule has 27 heavy (non-hydrogen) atoms. The Labute approximate surface area is 159 Å². The average molecular weight is 362 g/mol. The van der Waals surface area contributed by atoms with Gasteiger partial charge in [0.05, 0.1) is 7.11 Å². The quantitative estimate of drug-likeness (QED) is 0.274. The van der Waals surface area contributed by atoms with Crippen LogP contribution in [-0.4, -0.2) is 7.11 Å². The van der Waals surface area contributed by atoms with E-state index in [4.69, 9.17) is 4.74 Å². The summed E-state index contributed by atoms with van der Waals surface area (Å²) in [4.78, 5) is 0. The second kappa shape index (κ2) is 4.59. The highest BCUT2D eigenvalue weighted by atomic mass is 32.1. The van der Waals surface area contributed by atoms with Gasteiger partial charge in [-0.3, -0.25) is 0 Å². The predicted molar refractivity (Wildman–Crippen MR) is 118 cm³/mol. The maximum atomic E-state index is 5.51. The summed E-state index contributed by atoms with van der Waals surface area (Å²) in [5, 5.41) is 17.3. The summed E-state index contributed by atoms with van der Waals surface area (Å²) >= 11 is 1.86. The molecule has 0 radical (unpaired) electrons. The van der Waals surface area contributed by atoms with E-state index in [1.165, 1.54) is 63.9 Å². The lowest BCUT2D eigenvalue weighted by atomic mass is 9.96. The maximum absolute atomic E-state index is 5.51. The molecule has 0 aliphatic rings. The molecule has 0 atom stereocenters. The van der Waals surface area contributed by atoms with Crippen molar-refractivity contribution in [3.8, 4) is 5.75 Å². The lowest BCUT2D eigenvalue weighted by Crippen LogP contribution is -1.80. The van der Waals surface area contributed by atoms with Crippen LogP contribution in [0.25, 0.3) is 63.9 Å². The zero-order chi connectivity index (χ0) is 17.7. The number of hydrogen-bond donors (Lipinski definition) is 0. The van der Waals surface area contributed by atoms with E-state index in [2.05, 4.69) is 66.0 Å². The van der Waals surface area contributed by atoms with Gasteiger partial charge in [-0.15, -0.1) is 11.3 Å². The van der Waals surface area contributed by atoms with Crippen molar-refractivity contribution in [3.05, 3.63) is 66.0 Å². The molecule has 2 heteroatoms. The van der Waals surface area contributed by atoms with Crippen LogP contribution < -0.4 is 4.74 Å². The van der Waals surface area contributed by atoms with Crippen LogP contribution in [0.4, 0.5) is 0 Å². The van der Waals surface area contributed by atoms with Gasteiger partial charge in [0.2, 0.25) is 0 Å². The van der Waals surface area contributed by atoms with Crippen LogP contribution in [0.3, 0.4) is 0 Å². The summed E-state index contributed by atoms with van der Waals surface area (Å²) in [5.74, 6) is 0.913. The predicted octanol–water partition coefficient (Wildman–Crippen LogP) is 7.55. The third kappa shape index (κ3) is 1.49. The van der Waals surface area contributed by atoms with Gasteiger partial charge in [0.1, 0.15) is 5.75 Å². The third-order valence-corrected chi connectivity index (χ3v) is 7.07. The molecule has 1 heterocycles. The van der Waals surface area contributed by atoms with Crippen molar-refractivity contribution < 1.29 is 4.74 Å². The minimum atomic E-state index is 0.913. The number of hydrogen-bond acceptors (Lipinski definition) is 2. The van der Waals surface area contributed by atoms with Gasteiger partial charge in [-0.05, 0) is 72.1 Å². The van der Waals surface area contributed by atoms with Crippen molar-refractivity contribution in [1.82, 2.24) is 0 Å². The Balaban J connectivity index is 1.93. The van der Waals surface area contributed by atoms with Gasteiger partial charge in [0.25, 0.3) is 0 Å². The Kier molecular flexibility index (Phi) is 2.38. The van der Waals surface area contributed by atoms with Crippen molar-refractivity contribution in [3.63, 3.8) is 0 Å². The van der Waals surface area contributed by atoms with E-state index in [1.807, 2.05) is 11.3 Å². The van der Waals surface area contributed by atoms with Gasteiger partial charge in [-0.1, -0.05) is 42.5 Å². The van der Waals surface area contributed by atoms with Crippen molar-refractivity contribution in [2.45, 2.75) is 0 Å². The van der Waals surface area contributed by atoms with Crippen LogP contribution in [0.1, 0.15) is 0 Å². The van der Waals surface area contributed by atoms with E-state index >= 15 is 0 Å². The van der Waals surface area contributed by atoms with Crippen LogP contribution in [0.2, 0.25) is 0 Å². The van der Waals surface area contributed by atoms with E-state index in [9.17, 15) is 0 Å². The molecule has 1 aromatic heterocycles. The number of ether oxygens (including phenoxy) is 1. The van der Waals surface area contributed by atoms with Gasteiger partial charge in [-0.25, -0.2) is 0 Å². The highest BCUT2D eigenvalue weighted by molar-refractivity contribution is 7.18. The summed E-state index contributed by atoms with van der Waals surface area (Å²) < 4.78 is 6.93. The third-order valence-electron chi connectivity index (χ3n) is 6.14. The topological polar surface area (TPSA) is 9.23 Å². The highest BCUT2D eigenvalue weighted by Gasteiger charge is 2.21. The van der Waals surface area contributed by atoms with Crippen molar-refractivity contribution >= 4 is 75.3 Å². The number of benzene rings is 4. The van der Waals surface area contributed by atoms with Gasteiger partial charge in [0.15, 0.2) is 0 Å². The van der Waals surface area contributed by atoms with E-state index < -0.39 is 0 Å². The molecule has 0 aliphatic carbocycles. The molecule has 0 saturated carbocycles. The fourth-order valence-corrected chi connectivity index (χ4v) is 6.07. The largest absolute Gasteiger partial charge is 0.497 e. The normalized spacial score (nSPS) is 12.6. The first-order chi connectivity index (χ1) is 13.4. The van der Waals surface area contributed by atoms with Crippen LogP contribution in [0.5, 0.6) is 5.75 Å². The first kappa shape index (κ1) is 14.0. The molecule has 6 aromatic carbocycles. The van der Waals surface area contributed by atoms with Gasteiger partial charge in [-0.2, -0.15) is 0 Å². The summed E-state index contributed by atoms with van der Waals surface area (Å²) in [6, 6.07) is 22.3. The van der Waals surface area contributed by atoms with Crippen LogP contribution in [-0.2, 0) is 0 Å². The molecule has 0 aliphatic heterocycles. The monoisotopic (exact) mass is 362 g/mol. The number of fused-ring (bicyclic) bond motifs is 8. The molecule has 0 bridgehead atoms.